The van der Waals surface area contributed by atoms with Crippen LogP contribution in [0.1, 0.15) is 24.0 Å². The number of hydrogen-bond acceptors (Lipinski definition) is 3. The second-order valence-corrected chi connectivity index (χ2v) is 5.95. The predicted octanol–water partition coefficient (Wildman–Crippen LogP) is 2.40. The van der Waals surface area contributed by atoms with E-state index < -0.39 is 11.7 Å². The van der Waals surface area contributed by atoms with Crippen molar-refractivity contribution in [2.45, 2.75) is 43.7 Å². The van der Waals surface area contributed by atoms with Crippen molar-refractivity contribution in [3.8, 4) is 0 Å². The van der Waals surface area contributed by atoms with Crippen molar-refractivity contribution in [1.82, 2.24) is 4.90 Å². The second kappa shape index (κ2) is 5.59. The molecule has 0 saturated carbocycles. The van der Waals surface area contributed by atoms with E-state index in [2.05, 4.69) is 4.90 Å². The van der Waals surface area contributed by atoms with Crippen LogP contribution in [0.5, 0.6) is 0 Å². The van der Waals surface area contributed by atoms with Crippen LogP contribution < -0.4 is 5.73 Å². The lowest BCUT2D eigenvalue weighted by Gasteiger charge is -2.47. The number of alkyl halides is 3. The number of ether oxygens (including phenoxy) is 1. The third-order valence-electron chi connectivity index (χ3n) is 4.33. The van der Waals surface area contributed by atoms with Crippen molar-refractivity contribution in [1.29, 1.82) is 0 Å². The fraction of sp³-hybridized carbons (Fsp3) is 0.600. The quantitative estimate of drug-likeness (QED) is 0.911. The Kier molecular flexibility index (Phi) is 3.94. The molecule has 3 rings (SSSR count). The van der Waals surface area contributed by atoms with Gasteiger partial charge in [0, 0.05) is 24.7 Å². The lowest BCUT2D eigenvalue weighted by Crippen LogP contribution is -2.59. The molecular weight excluding hydrogens is 281 g/mol. The van der Waals surface area contributed by atoms with Crippen molar-refractivity contribution >= 4 is 0 Å². The first kappa shape index (κ1) is 14.8. The first-order chi connectivity index (χ1) is 9.93. The molecule has 2 saturated heterocycles. The molecule has 2 heterocycles. The second-order valence-electron chi connectivity index (χ2n) is 5.95. The third kappa shape index (κ3) is 3.22. The van der Waals surface area contributed by atoms with Crippen LogP contribution in [0, 0.1) is 0 Å². The lowest BCUT2D eigenvalue weighted by atomic mass is 9.90. The van der Waals surface area contributed by atoms with Gasteiger partial charge in [0.1, 0.15) is 0 Å². The predicted molar refractivity (Wildman–Crippen MR) is 72.6 cm³/mol. The van der Waals surface area contributed by atoms with E-state index in [0.717, 1.165) is 18.9 Å². The number of piperidine rings is 1. The van der Waals surface area contributed by atoms with Crippen LogP contribution >= 0.6 is 0 Å². The van der Waals surface area contributed by atoms with E-state index in [1.165, 1.54) is 12.1 Å². The Morgan fingerprint density at radius 3 is 2.48 bits per heavy atom. The molecule has 2 N–H and O–H groups in total. The number of fused-ring (bicyclic) bond motifs is 2. The van der Waals surface area contributed by atoms with E-state index in [1.807, 2.05) is 0 Å². The summed E-state index contributed by atoms with van der Waals surface area (Å²) in [5.41, 5.74) is 6.13. The molecule has 2 aliphatic rings. The summed E-state index contributed by atoms with van der Waals surface area (Å²) < 4.78 is 43.9. The van der Waals surface area contributed by atoms with E-state index in [4.69, 9.17) is 10.5 Å². The molecule has 6 heteroatoms. The van der Waals surface area contributed by atoms with Crippen LogP contribution in [0.25, 0.3) is 0 Å². The van der Waals surface area contributed by atoms with Gasteiger partial charge >= 0.3 is 6.18 Å². The van der Waals surface area contributed by atoms with Gasteiger partial charge in [0.25, 0.3) is 0 Å². The number of nitrogens with two attached hydrogens (primary N) is 1. The topological polar surface area (TPSA) is 38.5 Å². The van der Waals surface area contributed by atoms with Crippen LogP contribution in [-0.4, -0.2) is 36.2 Å². The number of halogens is 3. The molecular formula is C15H19F3N2O. The van der Waals surface area contributed by atoms with Crippen LogP contribution in [-0.2, 0) is 17.5 Å². The highest BCUT2D eigenvalue weighted by atomic mass is 19.4. The average Bonchev–Trinajstić information content (AvgIpc) is 2.39. The standard InChI is InChI=1S/C15H19F3N2O/c16-15(17,18)11-3-1-2-10(4-11)7-20-13-5-12(19)6-14(20)9-21-8-13/h1-4,12-14H,5-9,19H2. The van der Waals surface area contributed by atoms with Crippen molar-refractivity contribution in [3.63, 3.8) is 0 Å². The monoisotopic (exact) mass is 300 g/mol. The summed E-state index contributed by atoms with van der Waals surface area (Å²) in [5, 5.41) is 0. The maximum Gasteiger partial charge on any atom is 0.416 e. The maximum atomic E-state index is 12.8. The van der Waals surface area contributed by atoms with E-state index in [9.17, 15) is 13.2 Å². The molecule has 1 aromatic rings. The molecule has 2 atom stereocenters. The van der Waals surface area contributed by atoms with Gasteiger partial charge in [-0.1, -0.05) is 18.2 Å². The summed E-state index contributed by atoms with van der Waals surface area (Å²) in [6, 6.07) is 6.16. The summed E-state index contributed by atoms with van der Waals surface area (Å²) in [7, 11) is 0. The summed E-state index contributed by atoms with van der Waals surface area (Å²) in [6.45, 7) is 1.75. The van der Waals surface area contributed by atoms with Crippen molar-refractivity contribution in [2.24, 2.45) is 5.73 Å². The minimum atomic E-state index is -4.29. The first-order valence-corrected chi connectivity index (χ1v) is 7.18. The van der Waals surface area contributed by atoms with Gasteiger partial charge in [0.05, 0.1) is 18.8 Å². The Balaban J connectivity index is 1.77. The van der Waals surface area contributed by atoms with Gasteiger partial charge in [-0.2, -0.15) is 13.2 Å². The van der Waals surface area contributed by atoms with Gasteiger partial charge in [0.2, 0.25) is 0 Å². The molecule has 0 aromatic heterocycles. The fourth-order valence-corrected chi connectivity index (χ4v) is 3.35. The number of benzene rings is 1. The fourth-order valence-electron chi connectivity index (χ4n) is 3.35. The largest absolute Gasteiger partial charge is 0.416 e. The molecule has 0 spiro atoms. The Hall–Kier alpha value is -1.11. The Morgan fingerprint density at radius 2 is 1.86 bits per heavy atom. The highest BCUT2D eigenvalue weighted by Gasteiger charge is 2.38. The Bertz CT molecular complexity index is 492. The molecule has 21 heavy (non-hydrogen) atoms. The van der Waals surface area contributed by atoms with Gasteiger partial charge in [-0.25, -0.2) is 0 Å². The summed E-state index contributed by atoms with van der Waals surface area (Å²) in [4.78, 5) is 2.25. The number of hydrogen-bond donors (Lipinski definition) is 1. The molecule has 2 unspecified atom stereocenters. The molecule has 2 fully saturated rings. The van der Waals surface area contributed by atoms with Crippen LogP contribution in [0.2, 0.25) is 0 Å². The molecule has 0 aliphatic carbocycles. The molecule has 3 nitrogen and oxygen atoms in total. The van der Waals surface area contributed by atoms with E-state index >= 15 is 0 Å². The molecule has 2 aliphatic heterocycles. The highest BCUT2D eigenvalue weighted by molar-refractivity contribution is 5.26. The molecule has 0 radical (unpaired) electrons. The van der Waals surface area contributed by atoms with Gasteiger partial charge in [-0.3, -0.25) is 4.90 Å². The minimum Gasteiger partial charge on any atom is -0.378 e. The van der Waals surface area contributed by atoms with Gasteiger partial charge in [-0.15, -0.1) is 0 Å². The molecule has 0 amide bonds. The van der Waals surface area contributed by atoms with Crippen molar-refractivity contribution < 1.29 is 17.9 Å². The zero-order valence-corrected chi connectivity index (χ0v) is 11.6. The van der Waals surface area contributed by atoms with Gasteiger partial charge in [0.15, 0.2) is 0 Å². The van der Waals surface area contributed by atoms with Gasteiger partial charge < -0.3 is 10.5 Å². The smallest absolute Gasteiger partial charge is 0.378 e. The normalized spacial score (nSPS) is 30.4. The number of morpholine rings is 1. The summed E-state index contributed by atoms with van der Waals surface area (Å²) >= 11 is 0. The van der Waals surface area contributed by atoms with E-state index in [0.29, 0.717) is 25.3 Å². The van der Waals surface area contributed by atoms with E-state index in [1.54, 1.807) is 6.07 Å². The van der Waals surface area contributed by atoms with Crippen molar-refractivity contribution in [2.75, 3.05) is 13.2 Å². The van der Waals surface area contributed by atoms with Crippen LogP contribution in [0.4, 0.5) is 13.2 Å². The minimum absolute atomic E-state index is 0.168. The Labute approximate surface area is 121 Å². The zero-order valence-electron chi connectivity index (χ0n) is 11.6. The average molecular weight is 300 g/mol. The maximum absolute atomic E-state index is 12.8. The highest BCUT2D eigenvalue weighted by Crippen LogP contribution is 2.32. The number of nitrogens with zero attached hydrogens (tertiary/aromatic N) is 1. The summed E-state index contributed by atoms with van der Waals surface area (Å²) in [6.07, 6.45) is -2.61. The Morgan fingerprint density at radius 1 is 1.19 bits per heavy atom. The first-order valence-electron chi connectivity index (χ1n) is 7.18. The lowest BCUT2D eigenvalue weighted by molar-refractivity contribution is -0.137. The van der Waals surface area contributed by atoms with E-state index in [-0.39, 0.29) is 18.1 Å². The number of rotatable bonds is 2. The van der Waals surface area contributed by atoms with Gasteiger partial charge in [-0.05, 0) is 24.5 Å². The van der Waals surface area contributed by atoms with Crippen molar-refractivity contribution in [3.05, 3.63) is 35.4 Å². The summed E-state index contributed by atoms with van der Waals surface area (Å²) in [5.74, 6) is 0. The SMILES string of the molecule is NC1CC2COCC(C1)N2Cc1cccc(C(F)(F)F)c1. The molecule has 116 valence electrons. The third-order valence-corrected chi connectivity index (χ3v) is 4.33. The zero-order chi connectivity index (χ0) is 15.0. The molecule has 2 bridgehead atoms. The van der Waals surface area contributed by atoms with Crippen LogP contribution in [0.3, 0.4) is 0 Å². The van der Waals surface area contributed by atoms with Crippen LogP contribution in [0.15, 0.2) is 24.3 Å². The molecule has 1 aromatic carbocycles.